The van der Waals surface area contributed by atoms with Gasteiger partial charge in [0.05, 0.1) is 16.0 Å². The molecule has 0 aliphatic carbocycles. The molecule has 0 fully saturated rings. The number of aromatic nitrogens is 1. The largest absolute Gasteiger partial charge is 0.395 e. The molecule has 7 heteroatoms. The molecule has 0 radical (unpaired) electrons. The standard InChI is InChI=1S/C13H20BrN3O3/c1-4-10(5-2)16(6-7-18)13-12(14)9(3)11(8-15-13)17(19)20/h8,10,18H,4-7H2,1-3H3. The van der Waals surface area contributed by atoms with Crippen LogP contribution in [0, 0.1) is 17.0 Å². The van der Waals surface area contributed by atoms with Crippen molar-refractivity contribution in [1.82, 2.24) is 4.98 Å². The topological polar surface area (TPSA) is 79.5 Å². The van der Waals surface area contributed by atoms with Crippen LogP contribution >= 0.6 is 15.9 Å². The van der Waals surface area contributed by atoms with Gasteiger partial charge in [-0.2, -0.15) is 0 Å². The predicted octanol–water partition coefficient (Wildman–Crippen LogP) is 3.05. The summed E-state index contributed by atoms with van der Waals surface area (Å²) in [6.45, 7) is 6.31. The second-order valence-corrected chi connectivity index (χ2v) is 5.34. The molecule has 0 unspecified atom stereocenters. The first-order valence-electron chi connectivity index (χ1n) is 6.64. The third kappa shape index (κ3) is 3.46. The van der Waals surface area contributed by atoms with E-state index in [2.05, 4.69) is 34.8 Å². The SMILES string of the molecule is CCC(CC)N(CCO)c1ncc([N+](=O)[O-])c(C)c1Br. The number of pyridine rings is 1. The number of aliphatic hydroxyl groups excluding tert-OH is 1. The summed E-state index contributed by atoms with van der Waals surface area (Å²) < 4.78 is 0.618. The zero-order valence-electron chi connectivity index (χ0n) is 12.0. The maximum Gasteiger partial charge on any atom is 0.291 e. The third-order valence-corrected chi connectivity index (χ3v) is 4.36. The lowest BCUT2D eigenvalue weighted by Gasteiger charge is -2.32. The maximum absolute atomic E-state index is 10.9. The summed E-state index contributed by atoms with van der Waals surface area (Å²) in [5, 5.41) is 20.2. The number of nitrogens with zero attached hydrogens (tertiary/aromatic N) is 3. The van der Waals surface area contributed by atoms with Crippen molar-refractivity contribution in [3.05, 3.63) is 26.3 Å². The molecule has 1 aromatic heterocycles. The van der Waals surface area contributed by atoms with Gasteiger partial charge >= 0.3 is 0 Å². The molecule has 0 aliphatic rings. The van der Waals surface area contributed by atoms with Gasteiger partial charge in [0.25, 0.3) is 5.69 Å². The van der Waals surface area contributed by atoms with Gasteiger partial charge in [0.2, 0.25) is 0 Å². The molecule has 0 amide bonds. The van der Waals surface area contributed by atoms with Crippen LogP contribution in [0.1, 0.15) is 32.3 Å². The average molecular weight is 346 g/mol. The smallest absolute Gasteiger partial charge is 0.291 e. The van der Waals surface area contributed by atoms with Gasteiger partial charge in [-0.25, -0.2) is 4.98 Å². The molecule has 20 heavy (non-hydrogen) atoms. The van der Waals surface area contributed by atoms with Crippen molar-refractivity contribution in [2.24, 2.45) is 0 Å². The molecule has 1 aromatic rings. The van der Waals surface area contributed by atoms with Crippen LogP contribution in [0.25, 0.3) is 0 Å². The first-order chi connectivity index (χ1) is 9.47. The Hall–Kier alpha value is -1.21. The number of aliphatic hydroxyl groups is 1. The fourth-order valence-corrected chi connectivity index (χ4v) is 2.77. The van der Waals surface area contributed by atoms with Crippen LogP contribution in [-0.4, -0.2) is 34.2 Å². The minimum Gasteiger partial charge on any atom is -0.395 e. The van der Waals surface area contributed by atoms with Gasteiger partial charge in [-0.1, -0.05) is 13.8 Å². The minimum absolute atomic E-state index is 0.00544. The minimum atomic E-state index is -0.440. The number of halogens is 1. The van der Waals surface area contributed by atoms with Gasteiger partial charge in [0.1, 0.15) is 12.0 Å². The lowest BCUT2D eigenvalue weighted by molar-refractivity contribution is -0.385. The van der Waals surface area contributed by atoms with Crippen molar-refractivity contribution >= 4 is 27.4 Å². The van der Waals surface area contributed by atoms with Gasteiger partial charge < -0.3 is 10.0 Å². The Morgan fingerprint density at radius 2 is 2.10 bits per heavy atom. The number of hydrogen-bond donors (Lipinski definition) is 1. The van der Waals surface area contributed by atoms with E-state index < -0.39 is 4.92 Å². The molecule has 0 atom stereocenters. The Kier molecular flexibility index (Phi) is 6.35. The molecule has 0 saturated heterocycles. The lowest BCUT2D eigenvalue weighted by atomic mass is 10.1. The highest BCUT2D eigenvalue weighted by atomic mass is 79.9. The van der Waals surface area contributed by atoms with E-state index in [1.54, 1.807) is 6.92 Å². The Morgan fingerprint density at radius 3 is 2.55 bits per heavy atom. The summed E-state index contributed by atoms with van der Waals surface area (Å²) in [6.07, 6.45) is 3.11. The Balaban J connectivity index is 3.27. The molecule has 112 valence electrons. The van der Waals surface area contributed by atoms with Crippen molar-refractivity contribution in [2.45, 2.75) is 39.7 Å². The Morgan fingerprint density at radius 1 is 1.50 bits per heavy atom. The summed E-state index contributed by atoms with van der Waals surface area (Å²) in [5.74, 6) is 0.649. The van der Waals surface area contributed by atoms with E-state index in [1.807, 2.05) is 4.90 Å². The molecule has 1 heterocycles. The molecule has 6 nitrogen and oxygen atoms in total. The Labute approximate surface area is 127 Å². The van der Waals surface area contributed by atoms with Crippen LogP contribution in [0.15, 0.2) is 10.7 Å². The van der Waals surface area contributed by atoms with E-state index in [4.69, 9.17) is 0 Å². The molecule has 0 saturated carbocycles. The van der Waals surface area contributed by atoms with Crippen molar-refractivity contribution in [1.29, 1.82) is 0 Å². The fraction of sp³-hybridized carbons (Fsp3) is 0.615. The van der Waals surface area contributed by atoms with Crippen LogP contribution in [0.5, 0.6) is 0 Å². The predicted molar refractivity (Wildman–Crippen MR) is 82.1 cm³/mol. The highest BCUT2D eigenvalue weighted by Gasteiger charge is 2.23. The normalized spacial score (nSPS) is 10.9. The molecular formula is C13H20BrN3O3. The van der Waals surface area contributed by atoms with E-state index in [0.717, 1.165) is 12.8 Å². The Bertz CT molecular complexity index is 478. The van der Waals surface area contributed by atoms with Crippen LogP contribution in [0.4, 0.5) is 11.5 Å². The van der Waals surface area contributed by atoms with Crippen LogP contribution < -0.4 is 4.90 Å². The van der Waals surface area contributed by atoms with E-state index in [0.29, 0.717) is 22.4 Å². The number of rotatable bonds is 7. The molecule has 1 rings (SSSR count). The molecule has 0 spiro atoms. The third-order valence-electron chi connectivity index (χ3n) is 3.41. The monoisotopic (exact) mass is 345 g/mol. The van der Waals surface area contributed by atoms with E-state index >= 15 is 0 Å². The number of nitro groups is 1. The first-order valence-corrected chi connectivity index (χ1v) is 7.44. The van der Waals surface area contributed by atoms with E-state index in [1.165, 1.54) is 6.20 Å². The summed E-state index contributed by atoms with van der Waals surface area (Å²) in [6, 6.07) is 0.242. The molecule has 0 bridgehead atoms. The fourth-order valence-electron chi connectivity index (χ4n) is 2.24. The van der Waals surface area contributed by atoms with Gasteiger partial charge in [-0.3, -0.25) is 10.1 Å². The first kappa shape index (κ1) is 16.8. The average Bonchev–Trinajstić information content (AvgIpc) is 2.42. The van der Waals surface area contributed by atoms with Gasteiger partial charge in [0.15, 0.2) is 0 Å². The van der Waals surface area contributed by atoms with Gasteiger partial charge in [-0.15, -0.1) is 0 Å². The highest BCUT2D eigenvalue weighted by Crippen LogP contribution is 2.34. The van der Waals surface area contributed by atoms with Crippen molar-refractivity contribution in [3.63, 3.8) is 0 Å². The molecule has 1 N–H and O–H groups in total. The highest BCUT2D eigenvalue weighted by molar-refractivity contribution is 9.10. The maximum atomic E-state index is 10.9. The van der Waals surface area contributed by atoms with Gasteiger partial charge in [0, 0.05) is 18.2 Å². The number of hydrogen-bond acceptors (Lipinski definition) is 5. The summed E-state index contributed by atoms with van der Waals surface area (Å²) in [7, 11) is 0. The van der Waals surface area contributed by atoms with Crippen LogP contribution in [-0.2, 0) is 0 Å². The second-order valence-electron chi connectivity index (χ2n) is 4.55. The summed E-state index contributed by atoms with van der Waals surface area (Å²) >= 11 is 3.41. The van der Waals surface area contributed by atoms with Crippen molar-refractivity contribution in [2.75, 3.05) is 18.1 Å². The van der Waals surface area contributed by atoms with Gasteiger partial charge in [-0.05, 0) is 35.7 Å². The van der Waals surface area contributed by atoms with E-state index in [9.17, 15) is 15.2 Å². The zero-order valence-corrected chi connectivity index (χ0v) is 13.6. The van der Waals surface area contributed by atoms with Crippen molar-refractivity contribution in [3.8, 4) is 0 Å². The molecule has 0 aromatic carbocycles. The van der Waals surface area contributed by atoms with E-state index in [-0.39, 0.29) is 18.3 Å². The summed E-state index contributed by atoms with van der Waals surface area (Å²) in [5.41, 5.74) is 0.544. The quantitative estimate of drug-likeness (QED) is 0.606. The molecule has 0 aliphatic heterocycles. The second kappa shape index (κ2) is 7.54. The lowest BCUT2D eigenvalue weighted by Crippen LogP contribution is -2.37. The van der Waals surface area contributed by atoms with Crippen LogP contribution in [0.2, 0.25) is 0 Å². The number of anilines is 1. The van der Waals surface area contributed by atoms with Crippen molar-refractivity contribution < 1.29 is 10.0 Å². The molecular weight excluding hydrogens is 326 g/mol. The zero-order chi connectivity index (χ0) is 15.3. The summed E-state index contributed by atoms with van der Waals surface area (Å²) in [4.78, 5) is 16.7. The van der Waals surface area contributed by atoms with Crippen LogP contribution in [0.3, 0.4) is 0 Å².